The maximum Gasteiger partial charge on any atom is 0.408 e. The maximum absolute atomic E-state index is 14.5. The van der Waals surface area contributed by atoms with E-state index in [1.807, 2.05) is 37.2 Å². The van der Waals surface area contributed by atoms with Crippen LogP contribution in [0, 0.1) is 11.3 Å². The molecule has 1 aliphatic carbocycles. The summed E-state index contributed by atoms with van der Waals surface area (Å²) in [6.07, 6.45) is 0.155. The average Bonchev–Trinajstić information content (AvgIpc) is 3.34. The minimum Gasteiger partial charge on any atom is -0.488 e. The third-order valence-corrected chi connectivity index (χ3v) is 10.0. The molecule has 4 amide bonds. The third-order valence-electron chi connectivity index (χ3n) is 9.26. The molecule has 0 spiro atoms. The normalized spacial score (nSPS) is 21.5. The van der Waals surface area contributed by atoms with Gasteiger partial charge in [-0.2, -0.15) is 0 Å². The van der Waals surface area contributed by atoms with E-state index in [9.17, 15) is 29.1 Å². The number of ether oxygens (including phenoxy) is 2. The maximum atomic E-state index is 14.5. The van der Waals surface area contributed by atoms with Crippen LogP contribution in [0.3, 0.4) is 0 Å². The Morgan fingerprint density at radius 3 is 2.37 bits per heavy atom. The van der Waals surface area contributed by atoms with Crippen molar-refractivity contribution in [3.8, 4) is 17.1 Å². The van der Waals surface area contributed by atoms with Crippen LogP contribution in [-0.2, 0) is 23.9 Å². The van der Waals surface area contributed by atoms with Gasteiger partial charge in [-0.3, -0.25) is 14.4 Å². The number of carboxylic acid groups (broad SMARTS) is 1. The molecule has 1 aromatic carbocycles. The molecule has 1 aliphatic heterocycles. The van der Waals surface area contributed by atoms with E-state index in [2.05, 4.69) is 27.5 Å². The Morgan fingerprint density at radius 1 is 1.09 bits per heavy atom. The average molecular weight is 764 g/mol. The molecule has 54 heavy (non-hydrogen) atoms. The van der Waals surface area contributed by atoms with Gasteiger partial charge in [-0.15, -0.1) is 17.9 Å². The van der Waals surface area contributed by atoms with Gasteiger partial charge in [-0.25, -0.2) is 19.6 Å². The van der Waals surface area contributed by atoms with Crippen molar-refractivity contribution in [3.05, 3.63) is 42.3 Å². The number of fused-ring (bicyclic) bond motifs is 1. The van der Waals surface area contributed by atoms with Crippen molar-refractivity contribution in [1.29, 1.82) is 0 Å². The molecule has 3 heterocycles. The van der Waals surface area contributed by atoms with Gasteiger partial charge in [-0.1, -0.05) is 26.8 Å². The fourth-order valence-corrected chi connectivity index (χ4v) is 7.15. The topological polar surface area (TPSA) is 192 Å². The Kier molecular flexibility index (Phi) is 11.0. The highest BCUT2D eigenvalue weighted by Crippen LogP contribution is 2.45. The van der Waals surface area contributed by atoms with Crippen LogP contribution >= 0.6 is 11.3 Å². The van der Waals surface area contributed by atoms with Crippen LogP contribution in [0.2, 0.25) is 0 Å². The van der Waals surface area contributed by atoms with Gasteiger partial charge in [0.2, 0.25) is 17.7 Å². The van der Waals surface area contributed by atoms with Gasteiger partial charge < -0.3 is 40.3 Å². The molecular weight excluding hydrogens is 715 g/mol. The van der Waals surface area contributed by atoms with Crippen LogP contribution in [-0.4, -0.2) is 99.7 Å². The zero-order valence-electron chi connectivity index (χ0n) is 32.1. The molecule has 3 aromatic rings. The molecule has 5 rings (SSSR count). The molecule has 15 nitrogen and oxygen atoms in total. The third kappa shape index (κ3) is 8.75. The number of amides is 4. The zero-order valence-corrected chi connectivity index (χ0v) is 32.9. The first-order chi connectivity index (χ1) is 25.1. The molecule has 4 N–H and O–H groups in total. The van der Waals surface area contributed by atoms with Gasteiger partial charge in [0.05, 0.1) is 17.8 Å². The van der Waals surface area contributed by atoms with E-state index >= 15 is 0 Å². The number of likely N-dealkylation sites (tertiary alicyclic amines) is 1. The number of alkyl carbamates (subject to hydrolysis) is 1. The van der Waals surface area contributed by atoms with Crippen LogP contribution < -0.4 is 25.6 Å². The predicted octanol–water partition coefficient (Wildman–Crippen LogP) is 4.82. The summed E-state index contributed by atoms with van der Waals surface area (Å²) in [5, 5.41) is 21.0. The van der Waals surface area contributed by atoms with Crippen molar-refractivity contribution in [2.75, 3.05) is 30.9 Å². The largest absolute Gasteiger partial charge is 0.488 e. The number of hydrogen-bond donors (Lipinski definition) is 4. The number of benzene rings is 1. The predicted molar refractivity (Wildman–Crippen MR) is 205 cm³/mol. The molecule has 1 saturated carbocycles. The highest BCUT2D eigenvalue weighted by molar-refractivity contribution is 7.14. The lowest BCUT2D eigenvalue weighted by atomic mass is 9.85. The van der Waals surface area contributed by atoms with E-state index in [4.69, 9.17) is 14.5 Å². The van der Waals surface area contributed by atoms with Crippen molar-refractivity contribution in [1.82, 2.24) is 25.5 Å². The van der Waals surface area contributed by atoms with Gasteiger partial charge >= 0.3 is 12.1 Å². The number of pyridine rings is 1. The fourth-order valence-electron chi connectivity index (χ4n) is 6.40. The van der Waals surface area contributed by atoms with Gasteiger partial charge in [0.25, 0.3) is 0 Å². The second kappa shape index (κ2) is 14.9. The highest BCUT2D eigenvalue weighted by Gasteiger charge is 2.61. The molecule has 0 bridgehead atoms. The number of hydrogen-bond acceptors (Lipinski definition) is 11. The SMILES string of the molecule is C=C[C@H]1CC1(NC(=O)[C@@H]1C[C@@H](Oc2cc(-c3csc(NC(C)=O)n3)nc3cc(N(C)C)ccc23)CN1C(=O)[C@@H](NC(=O)OC(C)(C)C)C(C)(C)C)C(=O)O. The summed E-state index contributed by atoms with van der Waals surface area (Å²) in [6, 6.07) is 5.17. The van der Waals surface area contributed by atoms with Gasteiger partial charge in [-0.05, 0) is 50.8 Å². The summed E-state index contributed by atoms with van der Waals surface area (Å²) in [7, 11) is 3.82. The molecule has 2 aliphatic rings. The quantitative estimate of drug-likeness (QED) is 0.196. The van der Waals surface area contributed by atoms with Crippen LogP contribution in [0.5, 0.6) is 5.75 Å². The van der Waals surface area contributed by atoms with Crippen molar-refractivity contribution < 1.29 is 38.6 Å². The number of thiazole rings is 1. The van der Waals surface area contributed by atoms with E-state index < -0.39 is 64.5 Å². The number of aromatic nitrogens is 2. The smallest absolute Gasteiger partial charge is 0.408 e. The minimum atomic E-state index is -1.53. The summed E-state index contributed by atoms with van der Waals surface area (Å²) in [4.78, 5) is 78.3. The number of carboxylic acids is 1. The Balaban J connectivity index is 1.53. The lowest BCUT2D eigenvalue weighted by Crippen LogP contribution is -2.59. The first kappa shape index (κ1) is 39.9. The van der Waals surface area contributed by atoms with Crippen LogP contribution in [0.15, 0.2) is 42.3 Å². The number of anilines is 2. The van der Waals surface area contributed by atoms with Crippen LogP contribution in [0.1, 0.15) is 61.3 Å². The second-order valence-electron chi connectivity index (χ2n) is 16.1. The van der Waals surface area contributed by atoms with Crippen molar-refractivity contribution in [2.45, 2.75) is 90.6 Å². The summed E-state index contributed by atoms with van der Waals surface area (Å²) in [5.41, 5.74) is -0.702. The van der Waals surface area contributed by atoms with E-state index in [1.54, 1.807) is 53.0 Å². The molecule has 0 radical (unpaired) electrons. The number of aliphatic carboxylic acids is 1. The van der Waals surface area contributed by atoms with Crippen molar-refractivity contribution >= 4 is 62.8 Å². The summed E-state index contributed by atoms with van der Waals surface area (Å²) in [6.45, 7) is 15.5. The number of carbonyl (C=O) groups excluding carboxylic acids is 4. The molecule has 1 saturated heterocycles. The molecular formula is C38H49N7O8S. The van der Waals surface area contributed by atoms with Crippen molar-refractivity contribution in [3.63, 3.8) is 0 Å². The highest BCUT2D eigenvalue weighted by atomic mass is 32.1. The zero-order chi connectivity index (χ0) is 39.9. The van der Waals surface area contributed by atoms with E-state index in [1.165, 1.54) is 29.2 Å². The van der Waals surface area contributed by atoms with Gasteiger partial charge in [0, 0.05) is 55.9 Å². The fraction of sp³-hybridized carbons (Fsp3) is 0.500. The lowest BCUT2D eigenvalue weighted by molar-refractivity contribution is -0.146. The summed E-state index contributed by atoms with van der Waals surface area (Å²) < 4.78 is 12.1. The van der Waals surface area contributed by atoms with E-state index in [-0.39, 0.29) is 25.3 Å². The minimum absolute atomic E-state index is 0.0215. The Hall–Kier alpha value is -5.25. The van der Waals surface area contributed by atoms with Crippen LogP contribution in [0.4, 0.5) is 15.6 Å². The Morgan fingerprint density at radius 2 is 1.80 bits per heavy atom. The van der Waals surface area contributed by atoms with E-state index in [0.29, 0.717) is 33.2 Å². The molecule has 16 heteroatoms. The second-order valence-corrected chi connectivity index (χ2v) is 16.9. The van der Waals surface area contributed by atoms with E-state index in [0.717, 1.165) is 5.69 Å². The summed E-state index contributed by atoms with van der Waals surface area (Å²) in [5.74, 6) is -2.72. The summed E-state index contributed by atoms with van der Waals surface area (Å²) >= 11 is 1.25. The number of nitrogens with one attached hydrogen (secondary N) is 3. The van der Waals surface area contributed by atoms with Crippen molar-refractivity contribution in [2.24, 2.45) is 11.3 Å². The first-order valence-corrected chi connectivity index (χ1v) is 18.5. The van der Waals surface area contributed by atoms with Crippen LogP contribution in [0.25, 0.3) is 22.3 Å². The monoisotopic (exact) mass is 763 g/mol. The standard InChI is InChI=1S/C38H49N7O8S/c1-11-21-17-38(21,33(49)50)43-31(47)28-15-23(18-45(28)32(48)30(36(3,4)5)42-35(51)53-37(6,7)8)52-29-16-26(27-19-54-34(41-27)39-20(2)46)40-25-14-22(44(9)10)12-13-24(25)29/h11-14,16,19,21,23,28,30H,1,15,17-18H2,2-10H3,(H,42,51)(H,43,47)(H,49,50)(H,39,41,46)/t21-,23+,28-,30+,38?/m0/s1. The van der Waals surface area contributed by atoms with Gasteiger partial charge in [0.15, 0.2) is 5.13 Å². The molecule has 5 atom stereocenters. The first-order valence-electron chi connectivity index (χ1n) is 17.6. The molecule has 2 fully saturated rings. The lowest BCUT2D eigenvalue weighted by Gasteiger charge is -2.35. The molecule has 290 valence electrons. The number of nitrogens with zero attached hydrogens (tertiary/aromatic N) is 4. The number of rotatable bonds is 11. The Labute approximate surface area is 318 Å². The molecule has 1 unspecified atom stereocenters. The Bertz CT molecular complexity index is 1980. The number of carbonyl (C=O) groups is 5. The molecule has 2 aromatic heterocycles. The van der Waals surface area contributed by atoms with Gasteiger partial charge in [0.1, 0.15) is 40.8 Å².